The van der Waals surface area contributed by atoms with E-state index in [0.717, 1.165) is 53.8 Å². The molecule has 3 aromatic carbocycles. The molecule has 1 heterocycles. The fraction of sp³-hybridized carbons (Fsp3) is 0.259. The lowest BCUT2D eigenvalue weighted by atomic mass is 9.89. The predicted octanol–water partition coefficient (Wildman–Crippen LogP) is 5.09. The van der Waals surface area contributed by atoms with Crippen LogP contribution in [0.4, 0.5) is 0 Å². The molecule has 0 bridgehead atoms. The highest BCUT2D eigenvalue weighted by Gasteiger charge is 2.24. The summed E-state index contributed by atoms with van der Waals surface area (Å²) in [6.07, 6.45) is 5.14. The molecule has 0 N–H and O–H groups in total. The Balaban J connectivity index is 1.85. The topological polar surface area (TPSA) is 57.5 Å². The first-order valence-electron chi connectivity index (χ1n) is 11.0. The minimum Gasteiger partial charge on any atom is -0.481 e. The number of aromatic nitrogens is 1. The van der Waals surface area contributed by atoms with Gasteiger partial charge in [-0.2, -0.15) is 0 Å². The highest BCUT2D eigenvalue weighted by atomic mass is 16.6. The van der Waals surface area contributed by atoms with Gasteiger partial charge in [-0.05, 0) is 54.5 Å². The van der Waals surface area contributed by atoms with Crippen LogP contribution in [0, 0.1) is 0 Å². The van der Waals surface area contributed by atoms with E-state index in [1.165, 1.54) is 23.8 Å². The molecule has 5 nitrogen and oxygen atoms in total. The molecule has 0 fully saturated rings. The summed E-state index contributed by atoms with van der Waals surface area (Å²) in [5.74, 6) is 0.205. The van der Waals surface area contributed by atoms with Crippen LogP contribution in [0.5, 0.6) is 5.75 Å². The van der Waals surface area contributed by atoms with Crippen molar-refractivity contribution in [2.45, 2.75) is 32.2 Å². The molecule has 1 aliphatic carbocycles. The zero-order chi connectivity index (χ0) is 22.1. The average Bonchev–Trinajstić information content (AvgIpc) is 3.17. The molecular formula is C27H25NO4. The number of ether oxygens (including phenoxy) is 2. The van der Waals surface area contributed by atoms with Gasteiger partial charge < -0.3 is 14.0 Å². The summed E-state index contributed by atoms with van der Waals surface area (Å²) in [7, 11) is 1.35. The van der Waals surface area contributed by atoms with E-state index < -0.39 is 5.97 Å². The van der Waals surface area contributed by atoms with Crippen LogP contribution in [0.1, 0.15) is 39.9 Å². The lowest BCUT2D eigenvalue weighted by Gasteiger charge is -2.21. The smallest absolute Gasteiger partial charge is 0.343 e. The van der Waals surface area contributed by atoms with Crippen LogP contribution < -0.4 is 4.74 Å². The number of hydrogen-bond acceptors (Lipinski definition) is 4. The normalized spacial score (nSPS) is 13.2. The number of carbonyl (C=O) groups is 2. The van der Waals surface area contributed by atoms with Gasteiger partial charge in [-0.3, -0.25) is 4.79 Å². The molecule has 0 aliphatic heterocycles. The molecule has 0 spiro atoms. The largest absolute Gasteiger partial charge is 0.481 e. The minimum absolute atomic E-state index is 0.168. The van der Waals surface area contributed by atoms with Crippen LogP contribution in [-0.4, -0.2) is 30.5 Å². The lowest BCUT2D eigenvalue weighted by Crippen LogP contribution is -2.14. The van der Waals surface area contributed by atoms with Gasteiger partial charge in [0.1, 0.15) is 5.75 Å². The Bertz CT molecular complexity index is 1320. The number of nitrogens with zero attached hydrogens (tertiary/aromatic N) is 1. The van der Waals surface area contributed by atoms with Gasteiger partial charge in [0.05, 0.1) is 23.5 Å². The maximum Gasteiger partial charge on any atom is 0.343 e. The summed E-state index contributed by atoms with van der Waals surface area (Å²) >= 11 is 0. The number of benzene rings is 3. The number of rotatable bonds is 6. The van der Waals surface area contributed by atoms with Crippen molar-refractivity contribution in [2.24, 2.45) is 0 Å². The maximum atomic E-state index is 12.0. The van der Waals surface area contributed by atoms with Gasteiger partial charge in [0, 0.05) is 17.5 Å². The van der Waals surface area contributed by atoms with Crippen LogP contribution in [0.3, 0.4) is 0 Å². The predicted molar refractivity (Wildman–Crippen MR) is 125 cm³/mol. The molecule has 0 unspecified atom stereocenters. The molecule has 0 saturated heterocycles. The first-order valence-corrected chi connectivity index (χ1v) is 11.0. The van der Waals surface area contributed by atoms with Crippen molar-refractivity contribution in [1.82, 2.24) is 4.57 Å². The first kappa shape index (κ1) is 20.3. The van der Waals surface area contributed by atoms with Crippen LogP contribution in [0.15, 0.2) is 54.6 Å². The number of methoxy groups -OCH3 is 1. The number of carbonyl (C=O) groups excluding carboxylic acids is 2. The Morgan fingerprint density at radius 2 is 1.84 bits per heavy atom. The fourth-order valence-electron chi connectivity index (χ4n) is 4.91. The van der Waals surface area contributed by atoms with Crippen molar-refractivity contribution in [1.29, 1.82) is 0 Å². The molecule has 1 aromatic heterocycles. The zero-order valence-corrected chi connectivity index (χ0v) is 18.1. The van der Waals surface area contributed by atoms with Gasteiger partial charge in [0.25, 0.3) is 0 Å². The van der Waals surface area contributed by atoms with Crippen LogP contribution in [0.25, 0.3) is 21.8 Å². The molecule has 162 valence electrons. The van der Waals surface area contributed by atoms with Crippen molar-refractivity contribution in [2.75, 3.05) is 13.7 Å². The van der Waals surface area contributed by atoms with Gasteiger partial charge in [-0.1, -0.05) is 42.5 Å². The standard InChI is InChI=1S/C27H25NO4/c1-31-24(30)17-32-23-14-19-10-5-6-12-21(19)27-26(23)25-20(16-29)11-7-13-22(25)28(27)15-18-8-3-2-4-9-18/h2-4,7-9,11,13-14,16H,5-6,10,12,15,17H2,1H3. The van der Waals surface area contributed by atoms with E-state index in [4.69, 9.17) is 9.47 Å². The van der Waals surface area contributed by atoms with E-state index in [1.54, 1.807) is 0 Å². The molecule has 1 aliphatic rings. The number of hydrogen-bond donors (Lipinski definition) is 0. The van der Waals surface area contributed by atoms with Gasteiger partial charge in [-0.25, -0.2) is 4.79 Å². The van der Waals surface area contributed by atoms with Crippen molar-refractivity contribution in [3.63, 3.8) is 0 Å². The van der Waals surface area contributed by atoms with E-state index in [-0.39, 0.29) is 6.61 Å². The van der Waals surface area contributed by atoms with Crippen molar-refractivity contribution in [3.05, 3.63) is 76.9 Å². The number of fused-ring (bicyclic) bond motifs is 5. The molecule has 0 atom stereocenters. The number of aryl methyl sites for hydroxylation is 2. The van der Waals surface area contributed by atoms with E-state index in [9.17, 15) is 9.59 Å². The molecule has 0 radical (unpaired) electrons. The second kappa shape index (κ2) is 8.50. The monoisotopic (exact) mass is 427 g/mol. The van der Waals surface area contributed by atoms with Gasteiger partial charge in [0.2, 0.25) is 0 Å². The Morgan fingerprint density at radius 3 is 2.62 bits per heavy atom. The van der Waals surface area contributed by atoms with E-state index in [2.05, 4.69) is 28.8 Å². The maximum absolute atomic E-state index is 12.0. The molecule has 5 rings (SSSR count). The Kier molecular flexibility index (Phi) is 5.39. The number of esters is 1. The highest BCUT2D eigenvalue weighted by molar-refractivity contribution is 6.18. The summed E-state index contributed by atoms with van der Waals surface area (Å²) in [5.41, 5.74) is 6.49. The lowest BCUT2D eigenvalue weighted by molar-refractivity contribution is -0.142. The van der Waals surface area contributed by atoms with Crippen LogP contribution in [-0.2, 0) is 28.9 Å². The average molecular weight is 428 g/mol. The van der Waals surface area contributed by atoms with Crippen LogP contribution >= 0.6 is 0 Å². The Hall–Kier alpha value is -3.60. The van der Waals surface area contributed by atoms with Crippen molar-refractivity contribution >= 4 is 34.1 Å². The zero-order valence-electron chi connectivity index (χ0n) is 18.1. The number of aldehydes is 1. The second-order valence-electron chi connectivity index (χ2n) is 8.24. The summed E-state index contributed by atoms with van der Waals surface area (Å²) in [4.78, 5) is 23.9. The van der Waals surface area contributed by atoms with E-state index in [1.807, 2.05) is 30.3 Å². The Morgan fingerprint density at radius 1 is 1.03 bits per heavy atom. The van der Waals surface area contributed by atoms with Gasteiger partial charge in [-0.15, -0.1) is 0 Å². The third-order valence-corrected chi connectivity index (χ3v) is 6.35. The van der Waals surface area contributed by atoms with Gasteiger partial charge >= 0.3 is 5.97 Å². The summed E-state index contributed by atoms with van der Waals surface area (Å²) in [5, 5.41) is 1.78. The molecule has 4 aromatic rings. The quantitative estimate of drug-likeness (QED) is 0.318. The molecule has 0 amide bonds. The third-order valence-electron chi connectivity index (χ3n) is 6.35. The fourth-order valence-corrected chi connectivity index (χ4v) is 4.91. The van der Waals surface area contributed by atoms with E-state index >= 15 is 0 Å². The van der Waals surface area contributed by atoms with Crippen LogP contribution in [0.2, 0.25) is 0 Å². The van der Waals surface area contributed by atoms with Crippen molar-refractivity contribution < 1.29 is 19.1 Å². The summed E-state index contributed by atoms with van der Waals surface area (Å²) < 4.78 is 13.1. The summed E-state index contributed by atoms with van der Waals surface area (Å²) in [6.45, 7) is 0.523. The van der Waals surface area contributed by atoms with E-state index in [0.29, 0.717) is 17.9 Å². The molecule has 5 heteroatoms. The first-order chi connectivity index (χ1) is 15.7. The molecule has 32 heavy (non-hydrogen) atoms. The molecule has 0 saturated carbocycles. The second-order valence-corrected chi connectivity index (χ2v) is 8.24. The highest BCUT2D eigenvalue weighted by Crippen LogP contribution is 2.43. The van der Waals surface area contributed by atoms with Crippen molar-refractivity contribution in [3.8, 4) is 5.75 Å². The third kappa shape index (κ3) is 3.44. The van der Waals surface area contributed by atoms with Gasteiger partial charge in [0.15, 0.2) is 12.9 Å². The molecular weight excluding hydrogens is 402 g/mol. The Labute approximate surface area is 186 Å². The SMILES string of the molecule is COC(=O)COc1cc2c(c3c1c1c(C=O)cccc1n3Cc1ccccc1)CCCC2. The minimum atomic E-state index is -0.431. The summed E-state index contributed by atoms with van der Waals surface area (Å²) in [6, 6.07) is 18.2.